The van der Waals surface area contributed by atoms with Crippen LogP contribution in [0.25, 0.3) is 0 Å². The molecule has 1 aromatic carbocycles. The lowest BCUT2D eigenvalue weighted by Gasteiger charge is -2.36. The van der Waals surface area contributed by atoms with Crippen molar-refractivity contribution in [2.75, 3.05) is 14.2 Å². The number of hydrogen-bond donors (Lipinski definition) is 1. The molecule has 3 nitrogen and oxygen atoms in total. The summed E-state index contributed by atoms with van der Waals surface area (Å²) in [5.74, 6) is 0.908. The van der Waals surface area contributed by atoms with Gasteiger partial charge in [0.15, 0.2) is 5.78 Å². The second-order valence-corrected chi connectivity index (χ2v) is 5.21. The largest absolute Gasteiger partial charge is 0.497 e. The molecule has 2 rings (SSSR count). The van der Waals surface area contributed by atoms with Crippen molar-refractivity contribution in [3.8, 4) is 5.75 Å². The fourth-order valence-electron chi connectivity index (χ4n) is 2.58. The van der Waals surface area contributed by atoms with Crippen molar-refractivity contribution in [1.29, 1.82) is 0 Å². The van der Waals surface area contributed by atoms with Gasteiger partial charge in [0.2, 0.25) is 0 Å². The average Bonchev–Trinajstić information content (AvgIpc) is 2.33. The summed E-state index contributed by atoms with van der Waals surface area (Å²) in [6.45, 7) is 4.35. The lowest BCUT2D eigenvalue weighted by Crippen LogP contribution is -2.44. The monoisotopic (exact) mass is 233 g/mol. The smallest absolute Gasteiger partial charge is 0.180 e. The number of methoxy groups -OCH3 is 1. The van der Waals surface area contributed by atoms with Crippen molar-refractivity contribution in [3.05, 3.63) is 29.3 Å². The summed E-state index contributed by atoms with van der Waals surface area (Å²) in [6.07, 6.45) is 0.835. The number of Topliss-reactive ketones (excluding diaryl/α,β-unsaturated/α-hetero) is 1. The summed E-state index contributed by atoms with van der Waals surface area (Å²) in [6, 6.07) is 5.69. The first-order valence-electron chi connectivity index (χ1n) is 5.89. The quantitative estimate of drug-likeness (QED) is 0.850. The SMILES string of the molecule is CNC1CC(C)(C)c2ccc(OC)cc2C1=O. The van der Waals surface area contributed by atoms with Gasteiger partial charge in [0.25, 0.3) is 0 Å². The van der Waals surface area contributed by atoms with Gasteiger partial charge in [0.1, 0.15) is 5.75 Å². The molecule has 0 amide bonds. The summed E-state index contributed by atoms with van der Waals surface area (Å²) in [5.41, 5.74) is 1.93. The van der Waals surface area contributed by atoms with Gasteiger partial charge >= 0.3 is 0 Å². The highest BCUT2D eigenvalue weighted by Gasteiger charge is 2.37. The normalized spacial score (nSPS) is 22.1. The molecule has 0 bridgehead atoms. The first-order chi connectivity index (χ1) is 7.99. The molecule has 0 saturated carbocycles. The van der Waals surface area contributed by atoms with Crippen LogP contribution in [0.1, 0.15) is 36.2 Å². The Hall–Kier alpha value is -1.35. The number of likely N-dealkylation sites (N-methyl/N-ethyl adjacent to an activating group) is 1. The molecule has 0 fully saturated rings. The van der Waals surface area contributed by atoms with Gasteiger partial charge in [-0.05, 0) is 36.6 Å². The Bertz CT molecular complexity index is 452. The van der Waals surface area contributed by atoms with Crippen LogP contribution in [0, 0.1) is 0 Å². The van der Waals surface area contributed by atoms with Crippen LogP contribution in [0.3, 0.4) is 0 Å². The van der Waals surface area contributed by atoms with E-state index in [-0.39, 0.29) is 17.2 Å². The highest BCUT2D eigenvalue weighted by Crippen LogP contribution is 2.38. The molecular formula is C14H19NO2. The maximum absolute atomic E-state index is 12.3. The molecule has 0 saturated heterocycles. The average molecular weight is 233 g/mol. The summed E-state index contributed by atoms with van der Waals surface area (Å²) in [7, 11) is 3.46. The lowest BCUT2D eigenvalue weighted by atomic mass is 9.70. The van der Waals surface area contributed by atoms with E-state index in [2.05, 4.69) is 19.2 Å². The van der Waals surface area contributed by atoms with E-state index >= 15 is 0 Å². The number of hydrogen-bond acceptors (Lipinski definition) is 3. The Balaban J connectivity index is 2.56. The minimum absolute atomic E-state index is 0.0171. The van der Waals surface area contributed by atoms with E-state index < -0.39 is 0 Å². The number of ketones is 1. The third-order valence-electron chi connectivity index (χ3n) is 3.60. The molecule has 92 valence electrons. The summed E-state index contributed by atoms with van der Waals surface area (Å²) >= 11 is 0. The molecule has 1 atom stereocenters. The van der Waals surface area contributed by atoms with Gasteiger partial charge in [0.05, 0.1) is 13.2 Å². The number of benzene rings is 1. The molecule has 1 N–H and O–H groups in total. The molecule has 1 aliphatic rings. The summed E-state index contributed by atoms with van der Waals surface area (Å²) < 4.78 is 5.19. The van der Waals surface area contributed by atoms with Crippen molar-refractivity contribution in [1.82, 2.24) is 5.32 Å². The van der Waals surface area contributed by atoms with Crippen LogP contribution < -0.4 is 10.1 Å². The van der Waals surface area contributed by atoms with Gasteiger partial charge in [-0.15, -0.1) is 0 Å². The number of fused-ring (bicyclic) bond motifs is 1. The summed E-state index contributed by atoms with van der Waals surface area (Å²) in [5, 5.41) is 3.10. The molecule has 17 heavy (non-hydrogen) atoms. The number of rotatable bonds is 2. The van der Waals surface area contributed by atoms with Gasteiger partial charge in [-0.2, -0.15) is 0 Å². The van der Waals surface area contributed by atoms with Crippen LogP contribution in [-0.4, -0.2) is 26.0 Å². The molecule has 1 unspecified atom stereocenters. The van der Waals surface area contributed by atoms with Gasteiger partial charge in [-0.1, -0.05) is 19.9 Å². The Morgan fingerprint density at radius 2 is 2.12 bits per heavy atom. The molecule has 0 spiro atoms. The highest BCUT2D eigenvalue weighted by molar-refractivity contribution is 6.03. The third kappa shape index (κ3) is 1.95. The van der Waals surface area contributed by atoms with Crippen molar-refractivity contribution >= 4 is 5.78 Å². The minimum atomic E-state index is -0.0930. The third-order valence-corrected chi connectivity index (χ3v) is 3.60. The number of carbonyl (C=O) groups is 1. The van der Waals surface area contributed by atoms with Crippen LogP contribution in [0.5, 0.6) is 5.75 Å². The standard InChI is InChI=1S/C14H19NO2/c1-14(2)8-12(15-3)13(16)10-7-9(17-4)5-6-11(10)14/h5-7,12,15H,8H2,1-4H3. The number of carbonyl (C=O) groups excluding carboxylic acids is 1. The predicted octanol–water partition coefficient (Wildman–Crippen LogP) is 2.15. The zero-order valence-corrected chi connectivity index (χ0v) is 10.8. The van der Waals surface area contributed by atoms with E-state index in [4.69, 9.17) is 4.74 Å². The van der Waals surface area contributed by atoms with Crippen LogP contribution >= 0.6 is 0 Å². The topological polar surface area (TPSA) is 38.3 Å². The molecule has 0 radical (unpaired) electrons. The fourth-order valence-corrected chi connectivity index (χ4v) is 2.58. The van der Waals surface area contributed by atoms with Crippen molar-refractivity contribution in [2.45, 2.75) is 31.7 Å². The molecule has 3 heteroatoms. The van der Waals surface area contributed by atoms with E-state index in [0.717, 1.165) is 23.3 Å². The van der Waals surface area contributed by atoms with E-state index in [9.17, 15) is 4.79 Å². The van der Waals surface area contributed by atoms with Crippen molar-refractivity contribution < 1.29 is 9.53 Å². The van der Waals surface area contributed by atoms with Crippen LogP contribution in [0.2, 0.25) is 0 Å². The van der Waals surface area contributed by atoms with Gasteiger partial charge in [0, 0.05) is 5.56 Å². The Kier molecular flexibility index (Phi) is 2.96. The van der Waals surface area contributed by atoms with Crippen LogP contribution in [0.15, 0.2) is 18.2 Å². The first-order valence-corrected chi connectivity index (χ1v) is 5.89. The van der Waals surface area contributed by atoms with E-state index in [1.165, 1.54) is 0 Å². The van der Waals surface area contributed by atoms with Gasteiger partial charge in [-0.25, -0.2) is 0 Å². The Labute approximate surface area is 102 Å². The van der Waals surface area contributed by atoms with E-state index in [0.29, 0.717) is 0 Å². The van der Waals surface area contributed by atoms with Gasteiger partial charge < -0.3 is 10.1 Å². The Morgan fingerprint density at radius 1 is 1.41 bits per heavy atom. The zero-order chi connectivity index (χ0) is 12.6. The van der Waals surface area contributed by atoms with E-state index in [1.54, 1.807) is 7.11 Å². The molecular weight excluding hydrogens is 214 g/mol. The second kappa shape index (κ2) is 4.15. The number of ether oxygens (including phenoxy) is 1. The fraction of sp³-hybridized carbons (Fsp3) is 0.500. The van der Waals surface area contributed by atoms with Crippen LogP contribution in [-0.2, 0) is 5.41 Å². The van der Waals surface area contributed by atoms with Crippen molar-refractivity contribution in [2.24, 2.45) is 0 Å². The minimum Gasteiger partial charge on any atom is -0.497 e. The number of nitrogens with one attached hydrogen (secondary N) is 1. The summed E-state index contributed by atoms with van der Waals surface area (Å²) in [4.78, 5) is 12.3. The van der Waals surface area contributed by atoms with Crippen LogP contribution in [0.4, 0.5) is 0 Å². The maximum atomic E-state index is 12.3. The van der Waals surface area contributed by atoms with E-state index in [1.807, 2.05) is 25.2 Å². The van der Waals surface area contributed by atoms with Gasteiger partial charge in [-0.3, -0.25) is 4.79 Å². The molecule has 0 aromatic heterocycles. The van der Waals surface area contributed by atoms with Crippen molar-refractivity contribution in [3.63, 3.8) is 0 Å². The molecule has 0 heterocycles. The molecule has 0 aliphatic heterocycles. The predicted molar refractivity (Wildman–Crippen MR) is 67.8 cm³/mol. The molecule has 1 aromatic rings. The maximum Gasteiger partial charge on any atom is 0.180 e. The highest BCUT2D eigenvalue weighted by atomic mass is 16.5. The molecule has 1 aliphatic carbocycles. The Morgan fingerprint density at radius 3 is 2.71 bits per heavy atom. The first kappa shape index (κ1) is 12.1. The second-order valence-electron chi connectivity index (χ2n) is 5.21. The zero-order valence-electron chi connectivity index (χ0n) is 10.8. The lowest BCUT2D eigenvalue weighted by molar-refractivity contribution is 0.0910.